The number of aromatic nitrogens is 4. The van der Waals surface area contributed by atoms with Gasteiger partial charge in [-0.05, 0) is 6.92 Å². The van der Waals surface area contributed by atoms with Crippen molar-refractivity contribution in [1.82, 2.24) is 19.5 Å². The monoisotopic (exact) mass is 271 g/mol. The highest BCUT2D eigenvalue weighted by Crippen LogP contribution is 2.23. The maximum absolute atomic E-state index is 13.3. The van der Waals surface area contributed by atoms with Crippen molar-refractivity contribution in [2.45, 2.75) is 25.6 Å². The van der Waals surface area contributed by atoms with Crippen LogP contribution in [0.5, 0.6) is 0 Å². The zero-order valence-electron chi connectivity index (χ0n) is 10.1. The SMILES string of the molecule is C[C@@H](CO)O[C@H]([C@H](O)F)n1cnc2c(N)ncnc21. The molecule has 0 fully saturated rings. The molecule has 19 heavy (non-hydrogen) atoms. The molecule has 0 saturated carbocycles. The minimum Gasteiger partial charge on any atom is -0.394 e. The Kier molecular flexibility index (Phi) is 3.88. The molecule has 2 heterocycles. The predicted octanol–water partition coefficient (Wildman–Crippen LogP) is -0.408. The summed E-state index contributed by atoms with van der Waals surface area (Å²) in [5.41, 5.74) is 6.13. The van der Waals surface area contributed by atoms with Crippen LogP contribution in [0.4, 0.5) is 10.2 Å². The summed E-state index contributed by atoms with van der Waals surface area (Å²) < 4.78 is 19.7. The molecule has 3 atom stereocenters. The van der Waals surface area contributed by atoms with Crippen LogP contribution in [0.1, 0.15) is 13.2 Å². The average Bonchev–Trinajstić information content (AvgIpc) is 2.80. The highest BCUT2D eigenvalue weighted by atomic mass is 19.1. The fraction of sp³-hybridized carbons (Fsp3) is 0.500. The minimum atomic E-state index is -2.30. The van der Waals surface area contributed by atoms with E-state index in [0.29, 0.717) is 0 Å². The van der Waals surface area contributed by atoms with Crippen LogP contribution in [0.3, 0.4) is 0 Å². The Morgan fingerprint density at radius 2 is 2.21 bits per heavy atom. The Labute approximate surface area is 107 Å². The van der Waals surface area contributed by atoms with Gasteiger partial charge in [-0.3, -0.25) is 4.57 Å². The predicted molar refractivity (Wildman–Crippen MR) is 63.5 cm³/mol. The molecule has 0 unspecified atom stereocenters. The van der Waals surface area contributed by atoms with Gasteiger partial charge >= 0.3 is 0 Å². The summed E-state index contributed by atoms with van der Waals surface area (Å²) in [4.78, 5) is 11.6. The normalized spacial score (nSPS) is 16.4. The van der Waals surface area contributed by atoms with E-state index in [1.54, 1.807) is 0 Å². The molecule has 2 rings (SSSR count). The second-order valence-corrected chi connectivity index (χ2v) is 3.98. The van der Waals surface area contributed by atoms with Crippen LogP contribution in [0, 0.1) is 0 Å². The number of hydrogen-bond acceptors (Lipinski definition) is 7. The second-order valence-electron chi connectivity index (χ2n) is 3.98. The van der Waals surface area contributed by atoms with E-state index >= 15 is 0 Å². The molecular formula is C10H14FN5O3. The summed E-state index contributed by atoms with van der Waals surface area (Å²) in [6, 6.07) is 0. The van der Waals surface area contributed by atoms with Crippen molar-refractivity contribution < 1.29 is 19.3 Å². The molecule has 0 aromatic carbocycles. The Morgan fingerprint density at radius 3 is 2.84 bits per heavy atom. The summed E-state index contributed by atoms with van der Waals surface area (Å²) in [7, 11) is 0. The van der Waals surface area contributed by atoms with E-state index in [9.17, 15) is 4.39 Å². The molecule has 4 N–H and O–H groups in total. The first-order valence-corrected chi connectivity index (χ1v) is 5.56. The average molecular weight is 271 g/mol. The molecule has 0 aliphatic heterocycles. The number of aliphatic hydroxyl groups excluding tert-OH is 2. The lowest BCUT2D eigenvalue weighted by molar-refractivity contribution is -0.164. The number of nitrogens with zero attached hydrogens (tertiary/aromatic N) is 4. The first-order chi connectivity index (χ1) is 9.04. The third-order valence-electron chi connectivity index (χ3n) is 2.53. The van der Waals surface area contributed by atoms with Gasteiger partial charge in [-0.25, -0.2) is 19.3 Å². The van der Waals surface area contributed by atoms with E-state index in [1.165, 1.54) is 24.1 Å². The second kappa shape index (κ2) is 5.43. The molecule has 0 aliphatic carbocycles. The summed E-state index contributed by atoms with van der Waals surface area (Å²) in [6.45, 7) is 1.23. The Bertz CT molecular complexity index is 561. The van der Waals surface area contributed by atoms with Crippen molar-refractivity contribution in [3.8, 4) is 0 Å². The van der Waals surface area contributed by atoms with E-state index in [1.807, 2.05) is 0 Å². The lowest BCUT2D eigenvalue weighted by atomic mass is 10.4. The molecule has 2 aromatic rings. The smallest absolute Gasteiger partial charge is 0.242 e. The number of halogens is 1. The summed E-state index contributed by atoms with van der Waals surface area (Å²) in [5.74, 6) is 0.144. The van der Waals surface area contributed by atoms with Crippen LogP contribution in [0.25, 0.3) is 11.2 Å². The molecule has 0 amide bonds. The van der Waals surface area contributed by atoms with Crippen molar-refractivity contribution in [1.29, 1.82) is 0 Å². The molecule has 0 saturated heterocycles. The molecular weight excluding hydrogens is 257 g/mol. The standard InChI is InChI=1S/C10H14FN5O3/c1-5(2-17)19-10(7(11)18)16-4-15-6-8(12)13-3-14-9(6)16/h3-5,7,10,17-18H,2H2,1H3,(H2,12,13,14)/t5-,7-,10+/m0/s1. The van der Waals surface area contributed by atoms with E-state index in [4.69, 9.17) is 20.7 Å². The van der Waals surface area contributed by atoms with Gasteiger partial charge in [-0.15, -0.1) is 0 Å². The topological polar surface area (TPSA) is 119 Å². The lowest BCUT2D eigenvalue weighted by Crippen LogP contribution is -2.28. The molecule has 8 nitrogen and oxygen atoms in total. The van der Waals surface area contributed by atoms with Crippen molar-refractivity contribution in [3.63, 3.8) is 0 Å². The van der Waals surface area contributed by atoms with Crippen molar-refractivity contribution in [3.05, 3.63) is 12.7 Å². The van der Waals surface area contributed by atoms with Crippen molar-refractivity contribution in [2.75, 3.05) is 12.3 Å². The van der Waals surface area contributed by atoms with Crippen LogP contribution in [0.2, 0.25) is 0 Å². The van der Waals surface area contributed by atoms with Crippen molar-refractivity contribution in [2.24, 2.45) is 0 Å². The molecule has 0 radical (unpaired) electrons. The summed E-state index contributed by atoms with van der Waals surface area (Å²) in [6.07, 6.45) is -1.89. The number of imidazole rings is 1. The van der Waals surface area contributed by atoms with Crippen LogP contribution < -0.4 is 5.73 Å². The van der Waals surface area contributed by atoms with Gasteiger partial charge in [-0.2, -0.15) is 0 Å². The maximum atomic E-state index is 13.3. The molecule has 2 aromatic heterocycles. The van der Waals surface area contributed by atoms with E-state index < -0.39 is 18.7 Å². The van der Waals surface area contributed by atoms with Gasteiger partial charge in [0, 0.05) is 0 Å². The van der Waals surface area contributed by atoms with Gasteiger partial charge < -0.3 is 20.7 Å². The number of nitrogen functional groups attached to an aromatic ring is 1. The van der Waals surface area contributed by atoms with Gasteiger partial charge in [0.25, 0.3) is 0 Å². The third kappa shape index (κ3) is 2.62. The molecule has 0 bridgehead atoms. The zero-order valence-corrected chi connectivity index (χ0v) is 10.1. The maximum Gasteiger partial charge on any atom is 0.242 e. The van der Waals surface area contributed by atoms with Crippen LogP contribution in [0.15, 0.2) is 12.7 Å². The van der Waals surface area contributed by atoms with Gasteiger partial charge in [0.2, 0.25) is 6.36 Å². The number of nitrogens with two attached hydrogens (primary N) is 1. The fourth-order valence-electron chi connectivity index (χ4n) is 1.60. The van der Waals surface area contributed by atoms with Crippen molar-refractivity contribution >= 4 is 17.0 Å². The number of alkyl halides is 1. The summed E-state index contributed by atoms with van der Waals surface area (Å²) in [5, 5.41) is 18.1. The van der Waals surface area contributed by atoms with Gasteiger partial charge in [0.1, 0.15) is 11.8 Å². The molecule has 9 heteroatoms. The molecule has 0 spiro atoms. The van der Waals surface area contributed by atoms with Crippen LogP contribution in [-0.2, 0) is 4.74 Å². The van der Waals surface area contributed by atoms with E-state index in [0.717, 1.165) is 0 Å². The number of rotatable bonds is 5. The highest BCUT2D eigenvalue weighted by Gasteiger charge is 2.26. The summed E-state index contributed by atoms with van der Waals surface area (Å²) >= 11 is 0. The fourth-order valence-corrected chi connectivity index (χ4v) is 1.60. The number of fused-ring (bicyclic) bond motifs is 1. The third-order valence-corrected chi connectivity index (χ3v) is 2.53. The van der Waals surface area contributed by atoms with E-state index in [2.05, 4.69) is 15.0 Å². The van der Waals surface area contributed by atoms with Gasteiger partial charge in [0.15, 0.2) is 17.7 Å². The quantitative estimate of drug-likeness (QED) is 0.676. The number of aliphatic hydroxyl groups is 2. The van der Waals surface area contributed by atoms with Crippen LogP contribution in [-0.4, -0.2) is 48.8 Å². The number of anilines is 1. The largest absolute Gasteiger partial charge is 0.394 e. The Morgan fingerprint density at radius 1 is 1.47 bits per heavy atom. The number of hydrogen-bond donors (Lipinski definition) is 3. The number of ether oxygens (including phenoxy) is 1. The highest BCUT2D eigenvalue weighted by molar-refractivity contribution is 5.81. The van der Waals surface area contributed by atoms with Gasteiger partial charge in [-0.1, -0.05) is 0 Å². The lowest BCUT2D eigenvalue weighted by Gasteiger charge is -2.22. The molecule has 104 valence electrons. The first-order valence-electron chi connectivity index (χ1n) is 5.56. The molecule has 0 aliphatic rings. The zero-order chi connectivity index (χ0) is 14.0. The van der Waals surface area contributed by atoms with Gasteiger partial charge in [0.05, 0.1) is 19.0 Å². The first kappa shape index (κ1) is 13.6. The Balaban J connectivity index is 2.42. The minimum absolute atomic E-state index is 0.144. The van der Waals surface area contributed by atoms with E-state index in [-0.39, 0.29) is 23.6 Å². The Hall–Kier alpha value is -1.84. The van der Waals surface area contributed by atoms with Crippen LogP contribution >= 0.6 is 0 Å².